The predicted molar refractivity (Wildman–Crippen MR) is 147 cm³/mol. The van der Waals surface area contributed by atoms with E-state index >= 15 is 0 Å². The van der Waals surface area contributed by atoms with Crippen LogP contribution in [0.15, 0.2) is 114 Å². The van der Waals surface area contributed by atoms with Crippen molar-refractivity contribution >= 4 is 44.5 Å². The number of benzene rings is 5. The van der Waals surface area contributed by atoms with Crippen LogP contribution in [0.5, 0.6) is 0 Å². The van der Waals surface area contributed by atoms with E-state index in [9.17, 15) is 9.59 Å². The van der Waals surface area contributed by atoms with Crippen molar-refractivity contribution in [3.63, 3.8) is 0 Å². The van der Waals surface area contributed by atoms with Gasteiger partial charge in [0.2, 0.25) is 5.89 Å². The number of rotatable bonds is 2. The first-order chi connectivity index (χ1) is 18.7. The Labute approximate surface area is 216 Å². The fraction of sp³-hybridized carbons (Fsp3) is 0. The van der Waals surface area contributed by atoms with Gasteiger partial charge in [0.25, 0.3) is 0 Å². The monoisotopic (exact) mass is 490 g/mol. The maximum Gasteiger partial charge on any atom is 0.227 e. The highest BCUT2D eigenvalue weighted by Crippen LogP contribution is 2.35. The third-order valence-electron chi connectivity index (χ3n) is 7.39. The molecule has 0 fully saturated rings. The number of nitrogens with zero attached hydrogens (tertiary/aromatic N) is 2. The normalized spacial score (nSPS) is 12.8. The van der Waals surface area contributed by atoms with Gasteiger partial charge in [-0.3, -0.25) is 9.59 Å². The lowest BCUT2D eigenvalue weighted by atomic mass is 9.84. The van der Waals surface area contributed by atoms with Crippen LogP contribution in [0.4, 0.5) is 0 Å². The van der Waals surface area contributed by atoms with E-state index in [0.717, 1.165) is 22.3 Å². The Morgan fingerprint density at radius 1 is 0.579 bits per heavy atom. The zero-order valence-corrected chi connectivity index (χ0v) is 20.0. The Bertz CT molecular complexity index is 1990. The topological polar surface area (TPSA) is 65.1 Å². The van der Waals surface area contributed by atoms with Crippen LogP contribution >= 0.6 is 0 Å². The number of aromatic nitrogens is 2. The van der Waals surface area contributed by atoms with Crippen molar-refractivity contribution in [2.45, 2.75) is 0 Å². The molecule has 0 bridgehead atoms. The van der Waals surface area contributed by atoms with E-state index in [1.54, 1.807) is 36.4 Å². The maximum atomic E-state index is 13.1. The zero-order valence-electron chi connectivity index (χ0n) is 20.0. The molecule has 5 aromatic carbocycles. The van der Waals surface area contributed by atoms with Gasteiger partial charge in [-0.25, -0.2) is 4.98 Å². The van der Waals surface area contributed by atoms with Gasteiger partial charge in [0.15, 0.2) is 17.1 Å². The summed E-state index contributed by atoms with van der Waals surface area (Å²) in [5.74, 6) is 0.0938. The minimum absolute atomic E-state index is 0.169. The number of fused-ring (bicyclic) bond motifs is 6. The smallest absolute Gasteiger partial charge is 0.227 e. The molecule has 0 amide bonds. The Morgan fingerprint density at radius 2 is 1.13 bits per heavy atom. The van der Waals surface area contributed by atoms with Gasteiger partial charge < -0.3 is 8.98 Å². The molecule has 2 aromatic heterocycles. The second kappa shape index (κ2) is 7.60. The van der Waals surface area contributed by atoms with E-state index in [1.165, 1.54) is 10.8 Å². The maximum absolute atomic E-state index is 13.1. The van der Waals surface area contributed by atoms with Crippen molar-refractivity contribution in [3.8, 4) is 17.1 Å². The molecule has 1 aliphatic carbocycles. The molecule has 0 radical (unpaired) electrons. The van der Waals surface area contributed by atoms with E-state index < -0.39 is 0 Å². The number of hydrogen-bond donors (Lipinski definition) is 0. The van der Waals surface area contributed by atoms with Crippen LogP contribution < -0.4 is 0 Å². The van der Waals surface area contributed by atoms with Gasteiger partial charge in [-0.1, -0.05) is 60.7 Å². The molecule has 5 heteroatoms. The van der Waals surface area contributed by atoms with Crippen molar-refractivity contribution in [2.75, 3.05) is 0 Å². The van der Waals surface area contributed by atoms with Gasteiger partial charge in [0.05, 0.1) is 11.0 Å². The van der Waals surface area contributed by atoms with Crippen LogP contribution in [0.1, 0.15) is 31.8 Å². The summed E-state index contributed by atoms with van der Waals surface area (Å²) in [6.45, 7) is 0. The molecular formula is C33H18N2O3. The summed E-state index contributed by atoms with van der Waals surface area (Å²) in [5.41, 5.74) is 6.72. The number of carbonyl (C=O) groups excluding carboxylic acids is 2. The summed E-state index contributed by atoms with van der Waals surface area (Å²) >= 11 is 0. The molecule has 5 nitrogen and oxygen atoms in total. The van der Waals surface area contributed by atoms with E-state index in [2.05, 4.69) is 70.2 Å². The molecule has 178 valence electrons. The summed E-state index contributed by atoms with van der Waals surface area (Å²) in [5, 5.41) is 2.42. The Hall–Kier alpha value is -5.29. The zero-order chi connectivity index (χ0) is 25.4. The number of para-hydroxylation sites is 2. The molecule has 0 saturated carbocycles. The van der Waals surface area contributed by atoms with Crippen LogP contribution in [0.3, 0.4) is 0 Å². The third-order valence-corrected chi connectivity index (χ3v) is 7.39. The fourth-order valence-corrected chi connectivity index (χ4v) is 5.60. The summed E-state index contributed by atoms with van der Waals surface area (Å²) in [7, 11) is 0. The van der Waals surface area contributed by atoms with Gasteiger partial charge in [-0.2, -0.15) is 0 Å². The molecule has 0 N–H and O–H groups in total. The van der Waals surface area contributed by atoms with Crippen molar-refractivity contribution in [1.29, 1.82) is 0 Å². The first kappa shape index (κ1) is 20.9. The van der Waals surface area contributed by atoms with Crippen molar-refractivity contribution in [3.05, 3.63) is 131 Å². The molecule has 2 heterocycles. The van der Waals surface area contributed by atoms with Crippen LogP contribution in [0, 0.1) is 0 Å². The highest BCUT2D eigenvalue weighted by atomic mass is 16.3. The Balaban J connectivity index is 1.22. The highest BCUT2D eigenvalue weighted by Gasteiger charge is 2.30. The number of oxazole rings is 1. The van der Waals surface area contributed by atoms with Crippen LogP contribution in [-0.2, 0) is 0 Å². The SMILES string of the molecule is O=C1c2ccccc2C(=O)c2cc3oc(-c4ccc(-n5c6ccccc6c6ccccc65)cc4)nc3cc21. The Morgan fingerprint density at radius 3 is 1.76 bits per heavy atom. The van der Waals surface area contributed by atoms with Gasteiger partial charge in [-0.15, -0.1) is 0 Å². The molecule has 0 spiro atoms. The Kier molecular flexibility index (Phi) is 4.17. The van der Waals surface area contributed by atoms with E-state index in [4.69, 9.17) is 4.42 Å². The van der Waals surface area contributed by atoms with E-state index in [-0.39, 0.29) is 11.6 Å². The number of carbonyl (C=O) groups is 2. The minimum atomic E-state index is -0.175. The van der Waals surface area contributed by atoms with Crippen molar-refractivity contribution in [2.24, 2.45) is 0 Å². The van der Waals surface area contributed by atoms with Crippen LogP contribution in [0.25, 0.3) is 50.0 Å². The highest BCUT2D eigenvalue weighted by molar-refractivity contribution is 6.29. The summed E-state index contributed by atoms with van der Waals surface area (Å²) in [4.78, 5) is 30.9. The minimum Gasteiger partial charge on any atom is -0.436 e. The van der Waals surface area contributed by atoms with Crippen molar-refractivity contribution in [1.82, 2.24) is 9.55 Å². The molecule has 0 unspecified atom stereocenters. The van der Waals surface area contributed by atoms with Gasteiger partial charge in [-0.05, 0) is 48.5 Å². The standard InChI is InChI=1S/C33H18N2O3/c36-31-23-9-1-2-10-24(23)32(37)26-18-30-27(17-25(26)31)34-33(38-30)19-13-15-20(16-14-19)35-28-11-5-3-7-21(28)22-8-4-6-12-29(22)35/h1-18H. The van der Waals surface area contributed by atoms with Gasteiger partial charge in [0.1, 0.15) is 5.52 Å². The average Bonchev–Trinajstić information content (AvgIpc) is 3.54. The number of hydrogen-bond acceptors (Lipinski definition) is 4. The quantitative estimate of drug-likeness (QED) is 0.254. The molecule has 8 rings (SSSR count). The van der Waals surface area contributed by atoms with Crippen LogP contribution in [0.2, 0.25) is 0 Å². The van der Waals surface area contributed by atoms with Gasteiger partial charge >= 0.3 is 0 Å². The molecule has 0 aliphatic heterocycles. The molecule has 38 heavy (non-hydrogen) atoms. The second-order valence-electron chi connectivity index (χ2n) is 9.50. The lowest BCUT2D eigenvalue weighted by molar-refractivity contribution is 0.0979. The molecule has 1 aliphatic rings. The summed E-state index contributed by atoms with van der Waals surface area (Å²) < 4.78 is 8.33. The first-order valence-corrected chi connectivity index (χ1v) is 12.4. The predicted octanol–water partition coefficient (Wildman–Crippen LogP) is 7.37. The summed E-state index contributed by atoms with van der Waals surface area (Å²) in [6.07, 6.45) is 0. The third kappa shape index (κ3) is 2.84. The molecule has 0 atom stereocenters. The fourth-order valence-electron chi connectivity index (χ4n) is 5.60. The van der Waals surface area contributed by atoms with Crippen molar-refractivity contribution < 1.29 is 14.0 Å². The lowest BCUT2D eigenvalue weighted by Gasteiger charge is -2.16. The first-order valence-electron chi connectivity index (χ1n) is 12.4. The van der Waals surface area contributed by atoms with E-state index in [1.807, 2.05) is 12.1 Å². The average molecular weight is 491 g/mol. The molecule has 7 aromatic rings. The second-order valence-corrected chi connectivity index (χ2v) is 9.50. The summed E-state index contributed by atoms with van der Waals surface area (Å²) in [6, 6.07) is 35.1. The van der Waals surface area contributed by atoms with E-state index in [0.29, 0.717) is 39.2 Å². The van der Waals surface area contributed by atoms with Gasteiger partial charge in [0, 0.05) is 44.3 Å². The lowest BCUT2D eigenvalue weighted by Crippen LogP contribution is -2.20. The largest absolute Gasteiger partial charge is 0.436 e. The number of ketones is 2. The molecule has 0 saturated heterocycles. The molecular weight excluding hydrogens is 472 g/mol. The van der Waals surface area contributed by atoms with Crippen LogP contribution in [-0.4, -0.2) is 21.1 Å².